The smallest absolute Gasteiger partial charge is 0.262 e. The molecule has 3 rings (SSSR count). The predicted molar refractivity (Wildman–Crippen MR) is 104 cm³/mol. The minimum atomic E-state index is -3.73. The van der Waals surface area contributed by atoms with Crippen molar-refractivity contribution in [2.75, 3.05) is 16.2 Å². The maximum Gasteiger partial charge on any atom is 0.262 e. The molecule has 1 aliphatic heterocycles. The van der Waals surface area contributed by atoms with Crippen LogP contribution < -0.4 is 9.62 Å². The first-order valence-corrected chi connectivity index (χ1v) is 10.1. The number of rotatable bonds is 3. The van der Waals surface area contributed by atoms with E-state index in [2.05, 4.69) is 4.72 Å². The molecule has 0 aromatic heterocycles. The van der Waals surface area contributed by atoms with Crippen LogP contribution in [0.3, 0.4) is 0 Å². The van der Waals surface area contributed by atoms with Gasteiger partial charge in [-0.25, -0.2) is 8.42 Å². The quantitative estimate of drug-likeness (QED) is 0.895. The topological polar surface area (TPSA) is 66.5 Å². The third kappa shape index (κ3) is 3.09. The van der Waals surface area contributed by atoms with E-state index in [1.165, 1.54) is 6.92 Å². The Morgan fingerprint density at radius 3 is 2.23 bits per heavy atom. The molecule has 0 bridgehead atoms. The van der Waals surface area contributed by atoms with Gasteiger partial charge in [0.1, 0.15) is 0 Å². The van der Waals surface area contributed by atoms with Crippen molar-refractivity contribution in [2.24, 2.45) is 0 Å². The SMILES string of the molecule is CC(=O)N1CCc2ccc(NS(=O)(=O)c3c(C)c(C)cc(C)c3C)cc21. The summed E-state index contributed by atoms with van der Waals surface area (Å²) >= 11 is 0. The van der Waals surface area contributed by atoms with Crippen LogP contribution in [-0.2, 0) is 21.2 Å². The first kappa shape index (κ1) is 18.5. The molecule has 0 atom stereocenters. The van der Waals surface area contributed by atoms with Gasteiger partial charge in [-0.1, -0.05) is 12.1 Å². The van der Waals surface area contributed by atoms with E-state index in [1.807, 2.05) is 39.8 Å². The highest BCUT2D eigenvalue weighted by Crippen LogP contribution is 2.33. The minimum Gasteiger partial charge on any atom is -0.312 e. The number of nitrogens with one attached hydrogen (secondary N) is 1. The molecule has 0 saturated carbocycles. The number of hydrogen-bond donors (Lipinski definition) is 1. The number of amides is 1. The van der Waals surface area contributed by atoms with Crippen LogP contribution in [0.5, 0.6) is 0 Å². The Kier molecular flexibility index (Phi) is 4.56. The fourth-order valence-electron chi connectivity index (χ4n) is 3.56. The zero-order valence-corrected chi connectivity index (χ0v) is 16.6. The number of nitrogens with zero attached hydrogens (tertiary/aromatic N) is 1. The molecule has 1 N–H and O–H groups in total. The van der Waals surface area contributed by atoms with Gasteiger partial charge >= 0.3 is 0 Å². The van der Waals surface area contributed by atoms with Crippen molar-refractivity contribution in [1.82, 2.24) is 0 Å². The highest BCUT2D eigenvalue weighted by atomic mass is 32.2. The van der Waals surface area contributed by atoms with Crippen molar-refractivity contribution in [3.8, 4) is 0 Å². The van der Waals surface area contributed by atoms with Crippen molar-refractivity contribution in [3.05, 3.63) is 52.1 Å². The summed E-state index contributed by atoms with van der Waals surface area (Å²) in [5, 5.41) is 0. The van der Waals surface area contributed by atoms with Crippen LogP contribution >= 0.6 is 0 Å². The molecule has 2 aromatic rings. The Bertz CT molecular complexity index is 984. The molecule has 0 unspecified atom stereocenters. The van der Waals surface area contributed by atoms with Gasteiger partial charge in [0.25, 0.3) is 10.0 Å². The Morgan fingerprint density at radius 1 is 1.04 bits per heavy atom. The zero-order valence-electron chi connectivity index (χ0n) is 15.8. The van der Waals surface area contributed by atoms with E-state index in [4.69, 9.17) is 0 Å². The van der Waals surface area contributed by atoms with E-state index in [0.717, 1.165) is 39.9 Å². The van der Waals surface area contributed by atoms with Crippen LogP contribution in [0.25, 0.3) is 0 Å². The molecule has 0 saturated heterocycles. The number of anilines is 2. The Morgan fingerprint density at radius 2 is 1.65 bits per heavy atom. The highest BCUT2D eigenvalue weighted by Gasteiger charge is 2.25. The van der Waals surface area contributed by atoms with E-state index >= 15 is 0 Å². The van der Waals surface area contributed by atoms with E-state index in [0.29, 0.717) is 17.1 Å². The van der Waals surface area contributed by atoms with Gasteiger partial charge in [0.15, 0.2) is 0 Å². The van der Waals surface area contributed by atoms with Crippen molar-refractivity contribution < 1.29 is 13.2 Å². The van der Waals surface area contributed by atoms with E-state index in [-0.39, 0.29) is 5.91 Å². The molecular formula is C20H24N2O3S. The summed E-state index contributed by atoms with van der Waals surface area (Å²) in [5.41, 5.74) is 5.72. The lowest BCUT2D eigenvalue weighted by Crippen LogP contribution is -2.25. The average Bonchev–Trinajstić information content (AvgIpc) is 2.96. The van der Waals surface area contributed by atoms with E-state index in [9.17, 15) is 13.2 Å². The molecule has 0 aliphatic carbocycles. The molecule has 1 heterocycles. The largest absolute Gasteiger partial charge is 0.312 e. The first-order valence-electron chi connectivity index (χ1n) is 8.63. The molecule has 26 heavy (non-hydrogen) atoms. The number of carbonyl (C=O) groups is 1. The summed E-state index contributed by atoms with van der Waals surface area (Å²) in [6.45, 7) is 9.65. The van der Waals surface area contributed by atoms with Gasteiger partial charge in [0.2, 0.25) is 5.91 Å². The molecule has 5 nitrogen and oxygen atoms in total. The second-order valence-electron chi connectivity index (χ2n) is 6.96. The van der Waals surface area contributed by atoms with Gasteiger partial charge in [-0.15, -0.1) is 0 Å². The van der Waals surface area contributed by atoms with Crippen molar-refractivity contribution in [3.63, 3.8) is 0 Å². The average molecular weight is 372 g/mol. The number of carbonyl (C=O) groups excluding carboxylic acids is 1. The number of fused-ring (bicyclic) bond motifs is 1. The van der Waals surface area contributed by atoms with Gasteiger partial charge in [-0.05, 0) is 74.1 Å². The standard InChI is InChI=1S/C20H24N2O3S/c1-12-10-13(2)15(4)20(14(12)3)26(24,25)21-18-7-6-17-8-9-22(16(5)23)19(17)11-18/h6-7,10-11,21H,8-9H2,1-5H3. The van der Waals surface area contributed by atoms with Crippen molar-refractivity contribution in [1.29, 1.82) is 0 Å². The van der Waals surface area contributed by atoms with Gasteiger partial charge in [0.05, 0.1) is 10.6 Å². The molecular weight excluding hydrogens is 348 g/mol. The molecule has 1 amide bonds. The third-order valence-electron chi connectivity index (χ3n) is 5.18. The molecule has 1 aliphatic rings. The summed E-state index contributed by atoms with van der Waals surface area (Å²) in [6.07, 6.45) is 0.789. The van der Waals surface area contributed by atoms with Crippen LogP contribution in [-0.4, -0.2) is 20.9 Å². The lowest BCUT2D eigenvalue weighted by molar-refractivity contribution is -0.116. The fraction of sp³-hybridized carbons (Fsp3) is 0.350. The lowest BCUT2D eigenvalue weighted by atomic mass is 10.0. The molecule has 6 heteroatoms. The molecule has 0 radical (unpaired) electrons. The van der Waals surface area contributed by atoms with Crippen LogP contribution in [0.1, 0.15) is 34.7 Å². The van der Waals surface area contributed by atoms with Gasteiger partial charge < -0.3 is 4.90 Å². The summed E-state index contributed by atoms with van der Waals surface area (Å²) in [5.74, 6) is -0.0373. The number of aryl methyl sites for hydroxylation is 2. The Labute approximate surface area is 155 Å². The number of benzene rings is 2. The molecule has 0 spiro atoms. The first-order chi connectivity index (χ1) is 12.1. The summed E-state index contributed by atoms with van der Waals surface area (Å²) in [7, 11) is -3.73. The van der Waals surface area contributed by atoms with Crippen LogP contribution in [0.15, 0.2) is 29.2 Å². The van der Waals surface area contributed by atoms with Crippen LogP contribution in [0.2, 0.25) is 0 Å². The highest BCUT2D eigenvalue weighted by molar-refractivity contribution is 7.92. The summed E-state index contributed by atoms with van der Waals surface area (Å²) in [6, 6.07) is 7.39. The Balaban J connectivity index is 2.03. The number of sulfonamides is 1. The van der Waals surface area contributed by atoms with Crippen molar-refractivity contribution in [2.45, 2.75) is 45.9 Å². The second-order valence-corrected chi connectivity index (χ2v) is 8.58. The zero-order chi connectivity index (χ0) is 19.2. The van der Waals surface area contributed by atoms with Gasteiger partial charge in [-0.2, -0.15) is 0 Å². The van der Waals surface area contributed by atoms with Crippen molar-refractivity contribution >= 4 is 27.3 Å². The Hall–Kier alpha value is -2.34. The molecule has 138 valence electrons. The monoisotopic (exact) mass is 372 g/mol. The summed E-state index contributed by atoms with van der Waals surface area (Å²) in [4.78, 5) is 13.8. The summed E-state index contributed by atoms with van der Waals surface area (Å²) < 4.78 is 28.8. The maximum absolute atomic E-state index is 13.1. The van der Waals surface area contributed by atoms with Gasteiger partial charge in [0, 0.05) is 19.2 Å². The molecule has 2 aromatic carbocycles. The maximum atomic E-state index is 13.1. The predicted octanol–water partition coefficient (Wildman–Crippen LogP) is 3.63. The van der Waals surface area contributed by atoms with Gasteiger partial charge in [-0.3, -0.25) is 9.52 Å². The second kappa shape index (κ2) is 6.43. The lowest BCUT2D eigenvalue weighted by Gasteiger charge is -2.18. The fourth-order valence-corrected chi connectivity index (χ4v) is 5.23. The van der Waals surface area contributed by atoms with E-state index in [1.54, 1.807) is 17.0 Å². The van der Waals surface area contributed by atoms with E-state index < -0.39 is 10.0 Å². The normalized spacial score (nSPS) is 13.7. The van der Waals surface area contributed by atoms with Crippen LogP contribution in [0, 0.1) is 27.7 Å². The third-order valence-corrected chi connectivity index (χ3v) is 6.83. The molecule has 0 fully saturated rings. The number of hydrogen-bond acceptors (Lipinski definition) is 3. The van der Waals surface area contributed by atoms with Crippen LogP contribution in [0.4, 0.5) is 11.4 Å². The minimum absolute atomic E-state index is 0.0373.